The molecule has 0 aromatic carbocycles. The summed E-state index contributed by atoms with van der Waals surface area (Å²) in [4.78, 5) is 14.2. The van der Waals surface area contributed by atoms with Crippen LogP contribution in [0, 0.1) is 5.92 Å². The van der Waals surface area contributed by atoms with Crippen LogP contribution in [0.4, 0.5) is 0 Å². The maximum absolute atomic E-state index is 12.9. The molecule has 1 saturated heterocycles. The second-order valence-corrected chi connectivity index (χ2v) is 9.49. The minimum atomic E-state index is -3.60. The molecule has 0 radical (unpaired) electrons. The van der Waals surface area contributed by atoms with E-state index in [0.717, 1.165) is 12.8 Å². The first-order chi connectivity index (χ1) is 10.2. The Hall–Kier alpha value is -0.310. The molecule has 1 amide bonds. The highest BCUT2D eigenvalue weighted by Gasteiger charge is 2.45. The molecule has 2 aliphatic rings. The van der Waals surface area contributed by atoms with Crippen LogP contribution in [0.5, 0.6) is 0 Å². The molecule has 0 unspecified atom stereocenters. The molecule has 2 rings (SSSR count). The molecule has 0 spiro atoms. The number of amides is 1. The highest BCUT2D eigenvalue weighted by Crippen LogP contribution is 2.37. The van der Waals surface area contributed by atoms with Gasteiger partial charge in [0.25, 0.3) is 10.2 Å². The molecular formula is C14H27N3O3S2. The second kappa shape index (κ2) is 6.67. The van der Waals surface area contributed by atoms with Crippen LogP contribution in [0.25, 0.3) is 0 Å². The van der Waals surface area contributed by atoms with Gasteiger partial charge >= 0.3 is 0 Å². The molecule has 8 heteroatoms. The average molecular weight is 350 g/mol. The minimum absolute atomic E-state index is 0.00539. The van der Waals surface area contributed by atoms with Crippen molar-refractivity contribution in [3.63, 3.8) is 0 Å². The van der Waals surface area contributed by atoms with E-state index in [1.54, 1.807) is 19.0 Å². The third-order valence-corrected chi connectivity index (χ3v) is 8.00. The molecule has 22 heavy (non-hydrogen) atoms. The quantitative estimate of drug-likeness (QED) is 0.723. The van der Waals surface area contributed by atoms with E-state index in [2.05, 4.69) is 0 Å². The smallest absolute Gasteiger partial charge is 0.283 e. The number of hydrogen-bond donors (Lipinski definition) is 0. The number of thioether (sulfide) groups is 1. The van der Waals surface area contributed by atoms with Crippen LogP contribution >= 0.6 is 11.8 Å². The number of nitrogens with zero attached hydrogens (tertiary/aromatic N) is 3. The predicted molar refractivity (Wildman–Crippen MR) is 89.7 cm³/mol. The summed E-state index contributed by atoms with van der Waals surface area (Å²) in [6.45, 7) is 5.82. The lowest BCUT2D eigenvalue weighted by Gasteiger charge is -2.33. The number of carbonyl (C=O) groups excluding carboxylic acids is 1. The van der Waals surface area contributed by atoms with E-state index in [0.29, 0.717) is 17.5 Å². The van der Waals surface area contributed by atoms with Gasteiger partial charge in [0.15, 0.2) is 0 Å². The summed E-state index contributed by atoms with van der Waals surface area (Å²) in [5, 5.41) is 0. The van der Waals surface area contributed by atoms with E-state index in [1.807, 2.05) is 20.8 Å². The van der Waals surface area contributed by atoms with Gasteiger partial charge in [-0.05, 0) is 39.5 Å². The molecule has 0 N–H and O–H groups in total. The third-order valence-electron chi connectivity index (χ3n) is 4.79. The Kier molecular flexibility index (Phi) is 5.46. The molecule has 2 fully saturated rings. The Labute approximate surface area is 138 Å². The van der Waals surface area contributed by atoms with Crippen LogP contribution in [-0.2, 0) is 15.0 Å². The monoisotopic (exact) mass is 349 g/mol. The summed E-state index contributed by atoms with van der Waals surface area (Å²) >= 11 is 1.50. The van der Waals surface area contributed by atoms with Crippen LogP contribution in [0.1, 0.15) is 33.6 Å². The zero-order valence-corrected chi connectivity index (χ0v) is 15.7. The van der Waals surface area contributed by atoms with Gasteiger partial charge in [0.05, 0.1) is 5.88 Å². The molecule has 6 nitrogen and oxygen atoms in total. The number of hydrogen-bond acceptors (Lipinski definition) is 4. The van der Waals surface area contributed by atoms with E-state index < -0.39 is 16.3 Å². The predicted octanol–water partition coefficient (Wildman–Crippen LogP) is 1.20. The van der Waals surface area contributed by atoms with E-state index in [-0.39, 0.29) is 18.0 Å². The van der Waals surface area contributed by atoms with Crippen LogP contribution in [0.15, 0.2) is 0 Å². The zero-order chi connectivity index (χ0) is 16.7. The molecule has 1 heterocycles. The lowest BCUT2D eigenvalue weighted by atomic mass is 10.2. The van der Waals surface area contributed by atoms with Gasteiger partial charge in [-0.2, -0.15) is 17.0 Å². The first-order valence-electron chi connectivity index (χ1n) is 7.77. The molecule has 0 bridgehead atoms. The molecular weight excluding hydrogens is 322 g/mol. The molecule has 1 saturated carbocycles. The molecule has 0 aromatic heterocycles. The second-order valence-electron chi connectivity index (χ2n) is 6.55. The van der Waals surface area contributed by atoms with E-state index >= 15 is 0 Å². The Morgan fingerprint density at radius 1 is 1.23 bits per heavy atom. The normalized spacial score (nSPS) is 25.0. The third kappa shape index (κ3) is 3.44. The molecule has 128 valence electrons. The summed E-state index contributed by atoms with van der Waals surface area (Å²) in [6.07, 6.45) is 2.18. The lowest BCUT2D eigenvalue weighted by Crippen LogP contribution is -2.54. The molecule has 0 aromatic rings. The van der Waals surface area contributed by atoms with Crippen molar-refractivity contribution in [3.05, 3.63) is 0 Å². The summed E-state index contributed by atoms with van der Waals surface area (Å²) in [5.41, 5.74) is 0. The number of likely N-dealkylation sites (N-methyl/N-ethyl adjacent to an activating group) is 1. The fourth-order valence-corrected chi connectivity index (χ4v) is 5.86. The SMILES string of the molecule is CC(C)N(C)C(=O)[C@@H]1CSCN1S(=O)(=O)N(C)[C@H](C)C1CC1. The summed E-state index contributed by atoms with van der Waals surface area (Å²) < 4.78 is 28.6. The minimum Gasteiger partial charge on any atom is -0.342 e. The molecule has 1 aliphatic heterocycles. The summed E-state index contributed by atoms with van der Waals surface area (Å²) in [6, 6.07) is -0.531. The Morgan fingerprint density at radius 3 is 2.32 bits per heavy atom. The van der Waals surface area contributed by atoms with Gasteiger partial charge in [-0.25, -0.2) is 0 Å². The van der Waals surface area contributed by atoms with Crippen LogP contribution in [-0.4, -0.2) is 71.7 Å². The maximum atomic E-state index is 12.9. The fraction of sp³-hybridized carbons (Fsp3) is 0.929. The Bertz CT molecular complexity index is 519. The van der Waals surface area contributed by atoms with Crippen LogP contribution in [0.3, 0.4) is 0 Å². The van der Waals surface area contributed by atoms with Gasteiger partial charge in [0.1, 0.15) is 6.04 Å². The van der Waals surface area contributed by atoms with E-state index in [9.17, 15) is 13.2 Å². The average Bonchev–Trinajstić information content (AvgIpc) is 3.19. The van der Waals surface area contributed by atoms with Crippen molar-refractivity contribution in [1.29, 1.82) is 0 Å². The Balaban J connectivity index is 2.16. The molecule has 2 atom stereocenters. The van der Waals surface area contributed by atoms with Gasteiger partial charge in [-0.1, -0.05) is 0 Å². The largest absolute Gasteiger partial charge is 0.342 e. The Morgan fingerprint density at radius 2 is 1.82 bits per heavy atom. The van der Waals surface area contributed by atoms with Gasteiger partial charge in [-0.3, -0.25) is 4.79 Å². The lowest BCUT2D eigenvalue weighted by molar-refractivity contribution is -0.134. The van der Waals surface area contributed by atoms with E-state index in [4.69, 9.17) is 0 Å². The van der Waals surface area contributed by atoms with Crippen molar-refractivity contribution in [2.24, 2.45) is 5.92 Å². The van der Waals surface area contributed by atoms with E-state index in [1.165, 1.54) is 20.4 Å². The van der Waals surface area contributed by atoms with Crippen molar-refractivity contribution in [3.8, 4) is 0 Å². The van der Waals surface area contributed by atoms with Crippen LogP contribution in [0.2, 0.25) is 0 Å². The zero-order valence-electron chi connectivity index (χ0n) is 14.0. The van der Waals surface area contributed by atoms with Crippen molar-refractivity contribution < 1.29 is 13.2 Å². The number of carbonyl (C=O) groups is 1. The van der Waals surface area contributed by atoms with Crippen molar-refractivity contribution in [2.45, 2.75) is 51.7 Å². The first kappa shape index (κ1) is 18.0. The number of rotatable bonds is 6. The summed E-state index contributed by atoms with van der Waals surface area (Å²) in [7, 11) is -0.231. The van der Waals surface area contributed by atoms with Crippen LogP contribution < -0.4 is 0 Å². The van der Waals surface area contributed by atoms with Gasteiger partial charge in [0.2, 0.25) is 5.91 Å². The van der Waals surface area contributed by atoms with Gasteiger partial charge in [-0.15, -0.1) is 11.8 Å². The van der Waals surface area contributed by atoms with Crippen molar-refractivity contribution in [1.82, 2.24) is 13.5 Å². The van der Waals surface area contributed by atoms with Gasteiger partial charge in [0, 0.05) is 31.9 Å². The topological polar surface area (TPSA) is 60.9 Å². The fourth-order valence-electron chi connectivity index (χ4n) is 2.59. The highest BCUT2D eigenvalue weighted by molar-refractivity contribution is 8.00. The maximum Gasteiger partial charge on any atom is 0.283 e. The first-order valence-corrected chi connectivity index (χ1v) is 10.3. The summed E-state index contributed by atoms with van der Waals surface area (Å²) in [5.74, 6) is 1.23. The van der Waals surface area contributed by atoms with Gasteiger partial charge < -0.3 is 4.90 Å². The standard InChI is InChI=1S/C14H27N3O3S2/c1-10(2)15(4)14(18)13-8-21-9-17(13)22(19,20)16(5)11(3)12-6-7-12/h10-13H,6-9H2,1-5H3/t11-,13+/m1/s1. The van der Waals surface area contributed by atoms with Crippen molar-refractivity contribution >= 4 is 27.9 Å². The molecule has 1 aliphatic carbocycles. The highest BCUT2D eigenvalue weighted by atomic mass is 32.2. The van der Waals surface area contributed by atoms with Crippen molar-refractivity contribution in [2.75, 3.05) is 25.7 Å².